The summed E-state index contributed by atoms with van der Waals surface area (Å²) in [4.78, 5) is 0. The van der Waals surface area contributed by atoms with E-state index < -0.39 is 10.0 Å². The maximum absolute atomic E-state index is 12.8. The molecule has 2 aromatic rings. The van der Waals surface area contributed by atoms with Crippen molar-refractivity contribution in [3.63, 3.8) is 0 Å². The summed E-state index contributed by atoms with van der Waals surface area (Å²) in [6.07, 6.45) is 0.955. The monoisotopic (exact) mass is 307 g/mol. The fourth-order valence-electron chi connectivity index (χ4n) is 1.94. The van der Waals surface area contributed by atoms with Crippen LogP contribution in [0.5, 0.6) is 0 Å². The fourth-order valence-corrected chi connectivity index (χ4v) is 3.06. The van der Waals surface area contributed by atoms with Crippen LogP contribution >= 0.6 is 0 Å². The van der Waals surface area contributed by atoms with E-state index >= 15 is 0 Å². The van der Waals surface area contributed by atoms with Crippen molar-refractivity contribution in [3.8, 4) is 0 Å². The summed E-state index contributed by atoms with van der Waals surface area (Å²) in [5, 5.41) is 0. The zero-order valence-electron chi connectivity index (χ0n) is 11.8. The van der Waals surface area contributed by atoms with Crippen molar-refractivity contribution in [2.75, 3.05) is 0 Å². The van der Waals surface area contributed by atoms with Gasteiger partial charge in [-0.1, -0.05) is 43.3 Å². The van der Waals surface area contributed by atoms with Gasteiger partial charge in [0.15, 0.2) is 0 Å². The molecule has 0 aromatic heterocycles. The number of halogens is 1. The molecule has 0 bridgehead atoms. The second-order valence-electron chi connectivity index (χ2n) is 4.88. The van der Waals surface area contributed by atoms with Gasteiger partial charge >= 0.3 is 0 Å². The Morgan fingerprint density at radius 3 is 2.00 bits per heavy atom. The van der Waals surface area contributed by atoms with Crippen molar-refractivity contribution < 1.29 is 12.8 Å². The van der Waals surface area contributed by atoms with Gasteiger partial charge in [-0.3, -0.25) is 0 Å². The van der Waals surface area contributed by atoms with Gasteiger partial charge < -0.3 is 0 Å². The molecule has 0 spiro atoms. The van der Waals surface area contributed by atoms with Gasteiger partial charge in [0, 0.05) is 6.54 Å². The lowest BCUT2D eigenvalue weighted by Crippen LogP contribution is -2.24. The van der Waals surface area contributed by atoms with E-state index in [1.807, 2.05) is 24.3 Å². The van der Waals surface area contributed by atoms with E-state index in [2.05, 4.69) is 11.6 Å². The molecule has 112 valence electrons. The highest BCUT2D eigenvalue weighted by atomic mass is 32.2. The van der Waals surface area contributed by atoms with Gasteiger partial charge in [-0.25, -0.2) is 17.5 Å². The first-order valence-corrected chi connectivity index (χ1v) is 8.43. The molecule has 0 aliphatic heterocycles. The number of hydrogen-bond donors (Lipinski definition) is 1. The molecule has 3 nitrogen and oxygen atoms in total. The number of hydrogen-bond acceptors (Lipinski definition) is 2. The Kier molecular flexibility index (Phi) is 5.09. The van der Waals surface area contributed by atoms with E-state index in [-0.39, 0.29) is 18.1 Å². The minimum Gasteiger partial charge on any atom is -0.212 e. The van der Waals surface area contributed by atoms with Crippen LogP contribution in [0.3, 0.4) is 0 Å². The van der Waals surface area contributed by atoms with Crippen LogP contribution in [0.2, 0.25) is 0 Å². The molecule has 2 rings (SSSR count). The molecule has 1 N–H and O–H groups in total. The van der Waals surface area contributed by atoms with Crippen LogP contribution in [0.1, 0.15) is 23.6 Å². The van der Waals surface area contributed by atoms with Crippen molar-refractivity contribution in [2.24, 2.45) is 0 Å². The van der Waals surface area contributed by atoms with E-state index in [0.29, 0.717) is 5.56 Å². The topological polar surface area (TPSA) is 46.2 Å². The highest BCUT2D eigenvalue weighted by molar-refractivity contribution is 7.88. The largest absolute Gasteiger partial charge is 0.216 e. The summed E-state index contributed by atoms with van der Waals surface area (Å²) in [6, 6.07) is 13.3. The van der Waals surface area contributed by atoms with E-state index in [1.54, 1.807) is 0 Å². The lowest BCUT2D eigenvalue weighted by molar-refractivity contribution is 0.580. The maximum Gasteiger partial charge on any atom is 0.216 e. The lowest BCUT2D eigenvalue weighted by Gasteiger charge is -2.07. The smallest absolute Gasteiger partial charge is 0.212 e. The lowest BCUT2D eigenvalue weighted by atomic mass is 10.1. The summed E-state index contributed by atoms with van der Waals surface area (Å²) in [5.41, 5.74) is 2.69. The molecule has 0 aliphatic carbocycles. The molecule has 5 heteroatoms. The van der Waals surface area contributed by atoms with E-state index in [1.165, 1.54) is 29.8 Å². The molecule has 0 atom stereocenters. The van der Waals surface area contributed by atoms with Crippen molar-refractivity contribution >= 4 is 10.0 Å². The summed E-state index contributed by atoms with van der Waals surface area (Å²) in [5.74, 6) is -0.527. The van der Waals surface area contributed by atoms with Crippen LogP contribution in [-0.4, -0.2) is 8.42 Å². The summed E-state index contributed by atoms with van der Waals surface area (Å²) in [6.45, 7) is 2.33. The molecule has 2 aromatic carbocycles. The van der Waals surface area contributed by atoms with E-state index in [0.717, 1.165) is 12.0 Å². The van der Waals surface area contributed by atoms with Gasteiger partial charge in [0.1, 0.15) is 5.82 Å². The summed E-state index contributed by atoms with van der Waals surface area (Å²) >= 11 is 0. The number of aryl methyl sites for hydroxylation is 1. The molecule has 0 aliphatic rings. The second kappa shape index (κ2) is 6.83. The minimum absolute atomic E-state index is 0.152. The molecule has 0 saturated heterocycles. The number of benzene rings is 2. The Balaban J connectivity index is 1.95. The van der Waals surface area contributed by atoms with Crippen molar-refractivity contribution in [2.45, 2.75) is 25.6 Å². The predicted molar refractivity (Wildman–Crippen MR) is 81.7 cm³/mol. The molecular weight excluding hydrogens is 289 g/mol. The molecule has 0 saturated carbocycles. The first kappa shape index (κ1) is 15.7. The molecule has 0 fully saturated rings. The van der Waals surface area contributed by atoms with Gasteiger partial charge in [-0.2, -0.15) is 0 Å². The third kappa shape index (κ3) is 4.95. The van der Waals surface area contributed by atoms with Gasteiger partial charge in [0.05, 0.1) is 5.75 Å². The quantitative estimate of drug-likeness (QED) is 0.891. The zero-order chi connectivity index (χ0) is 15.3. The van der Waals surface area contributed by atoms with Crippen LogP contribution in [0.4, 0.5) is 4.39 Å². The highest BCUT2D eigenvalue weighted by Gasteiger charge is 2.11. The number of sulfonamides is 1. The highest BCUT2D eigenvalue weighted by Crippen LogP contribution is 2.09. The Labute approximate surface area is 124 Å². The molecule has 21 heavy (non-hydrogen) atoms. The number of rotatable bonds is 6. The third-order valence-electron chi connectivity index (χ3n) is 3.20. The SMILES string of the molecule is CCc1ccc(CNS(=O)(=O)Cc2ccc(F)cc2)cc1. The maximum atomic E-state index is 12.8. The minimum atomic E-state index is -3.43. The first-order valence-electron chi connectivity index (χ1n) is 6.78. The molecule has 0 radical (unpaired) electrons. The molecule has 0 heterocycles. The third-order valence-corrected chi connectivity index (χ3v) is 4.49. The van der Waals surface area contributed by atoms with Crippen LogP contribution in [-0.2, 0) is 28.7 Å². The Morgan fingerprint density at radius 1 is 0.905 bits per heavy atom. The number of nitrogens with one attached hydrogen (secondary N) is 1. The second-order valence-corrected chi connectivity index (χ2v) is 6.68. The Bertz CT molecular complexity index is 679. The van der Waals surface area contributed by atoms with Crippen molar-refractivity contribution in [1.29, 1.82) is 0 Å². The Morgan fingerprint density at radius 2 is 1.43 bits per heavy atom. The van der Waals surface area contributed by atoms with Crippen molar-refractivity contribution in [3.05, 3.63) is 71.0 Å². The fraction of sp³-hybridized carbons (Fsp3) is 0.250. The zero-order valence-corrected chi connectivity index (χ0v) is 12.7. The van der Waals surface area contributed by atoms with Crippen LogP contribution in [0.25, 0.3) is 0 Å². The van der Waals surface area contributed by atoms with Gasteiger partial charge in [0.2, 0.25) is 10.0 Å². The van der Waals surface area contributed by atoms with Gasteiger partial charge in [-0.15, -0.1) is 0 Å². The predicted octanol–water partition coefficient (Wildman–Crippen LogP) is 3.01. The summed E-state index contributed by atoms with van der Waals surface area (Å²) in [7, 11) is -3.43. The van der Waals surface area contributed by atoms with Crippen molar-refractivity contribution in [1.82, 2.24) is 4.72 Å². The average molecular weight is 307 g/mol. The Hall–Kier alpha value is -1.72. The first-order chi connectivity index (χ1) is 9.98. The van der Waals surface area contributed by atoms with E-state index in [4.69, 9.17) is 0 Å². The molecule has 0 unspecified atom stereocenters. The summed E-state index contributed by atoms with van der Waals surface area (Å²) < 4.78 is 39.3. The van der Waals surface area contributed by atoms with Crippen LogP contribution in [0, 0.1) is 5.82 Å². The van der Waals surface area contributed by atoms with Crippen LogP contribution in [0.15, 0.2) is 48.5 Å². The van der Waals surface area contributed by atoms with Gasteiger partial charge in [-0.05, 0) is 35.2 Å². The molecular formula is C16H18FNO2S. The molecule has 0 amide bonds. The standard InChI is InChI=1S/C16H18FNO2S/c1-2-13-3-5-14(6-4-13)11-18-21(19,20)12-15-7-9-16(17)10-8-15/h3-10,18H,2,11-12H2,1H3. The van der Waals surface area contributed by atoms with Gasteiger partial charge in [0.25, 0.3) is 0 Å². The average Bonchev–Trinajstić information content (AvgIpc) is 2.48. The normalized spacial score (nSPS) is 11.5. The van der Waals surface area contributed by atoms with Crippen LogP contribution < -0.4 is 4.72 Å². The van der Waals surface area contributed by atoms with E-state index in [9.17, 15) is 12.8 Å².